The Bertz CT molecular complexity index is 581. The van der Waals surface area contributed by atoms with Crippen LogP contribution in [0.15, 0.2) is 41.1 Å². The van der Waals surface area contributed by atoms with Crippen LogP contribution in [0.25, 0.3) is 0 Å². The quantitative estimate of drug-likeness (QED) is 0.852. The Hall–Kier alpha value is -1.54. The minimum absolute atomic E-state index is 0.978. The zero-order valence-corrected chi connectivity index (χ0v) is 14.8. The molecule has 1 aromatic carbocycles. The van der Waals surface area contributed by atoms with Crippen LogP contribution >= 0.6 is 0 Å². The molecule has 2 nitrogen and oxygen atoms in total. The lowest BCUT2D eigenvalue weighted by molar-refractivity contribution is 0.345. The molecule has 0 spiro atoms. The van der Waals surface area contributed by atoms with Crippen molar-refractivity contribution < 1.29 is 0 Å². The maximum atomic E-state index is 3.55. The van der Waals surface area contributed by atoms with Crippen LogP contribution in [0.2, 0.25) is 0 Å². The zero-order valence-electron chi connectivity index (χ0n) is 14.8. The summed E-state index contributed by atoms with van der Waals surface area (Å²) in [5.41, 5.74) is 8.53. The molecule has 0 atom stereocenters. The van der Waals surface area contributed by atoms with Gasteiger partial charge < -0.3 is 5.32 Å². The third-order valence-corrected chi connectivity index (χ3v) is 4.45. The third-order valence-electron chi connectivity index (χ3n) is 4.45. The van der Waals surface area contributed by atoms with Crippen LogP contribution in [0.3, 0.4) is 0 Å². The molecule has 1 aromatic rings. The van der Waals surface area contributed by atoms with Crippen molar-refractivity contribution in [2.75, 3.05) is 20.1 Å². The second kappa shape index (κ2) is 7.64. The zero-order chi connectivity index (χ0) is 16.1. The molecule has 2 heteroatoms. The van der Waals surface area contributed by atoms with Gasteiger partial charge in [-0.2, -0.15) is 0 Å². The number of benzene rings is 1. The second-order valence-corrected chi connectivity index (χ2v) is 6.49. The first kappa shape index (κ1) is 16.8. The van der Waals surface area contributed by atoms with Crippen molar-refractivity contribution in [1.82, 2.24) is 10.2 Å². The Balaban J connectivity index is 2.06. The fraction of sp³-hybridized carbons (Fsp3) is 0.500. The number of nitrogens with zero attached hydrogens (tertiary/aromatic N) is 1. The van der Waals surface area contributed by atoms with Gasteiger partial charge in [0.15, 0.2) is 0 Å². The van der Waals surface area contributed by atoms with Crippen molar-refractivity contribution in [3.8, 4) is 0 Å². The monoisotopic (exact) mass is 298 g/mol. The molecule has 120 valence electrons. The molecule has 0 saturated heterocycles. The van der Waals surface area contributed by atoms with Crippen LogP contribution < -0.4 is 5.32 Å². The Morgan fingerprint density at radius 2 is 1.82 bits per heavy atom. The van der Waals surface area contributed by atoms with E-state index in [1.54, 1.807) is 0 Å². The maximum absolute atomic E-state index is 3.55. The van der Waals surface area contributed by atoms with E-state index in [4.69, 9.17) is 0 Å². The van der Waals surface area contributed by atoms with E-state index < -0.39 is 0 Å². The van der Waals surface area contributed by atoms with Gasteiger partial charge in [0.05, 0.1) is 0 Å². The summed E-state index contributed by atoms with van der Waals surface area (Å²) in [5, 5.41) is 3.55. The largest absolute Gasteiger partial charge is 0.383 e. The van der Waals surface area contributed by atoms with E-state index in [1.807, 2.05) is 0 Å². The fourth-order valence-corrected chi connectivity index (χ4v) is 3.07. The van der Waals surface area contributed by atoms with Gasteiger partial charge in [0.1, 0.15) is 0 Å². The number of likely N-dealkylation sites (N-methyl/N-ethyl adjacent to an activating group) is 1. The first-order valence-electron chi connectivity index (χ1n) is 8.43. The van der Waals surface area contributed by atoms with Gasteiger partial charge in [0.25, 0.3) is 0 Å². The van der Waals surface area contributed by atoms with E-state index in [9.17, 15) is 0 Å². The van der Waals surface area contributed by atoms with E-state index in [1.165, 1.54) is 33.5 Å². The number of hydrogen-bond donors (Lipinski definition) is 1. The average Bonchev–Trinajstić information content (AvgIpc) is 2.50. The van der Waals surface area contributed by atoms with Crippen LogP contribution in [0.1, 0.15) is 44.4 Å². The van der Waals surface area contributed by atoms with Crippen LogP contribution in [0, 0.1) is 0 Å². The van der Waals surface area contributed by atoms with Crippen LogP contribution in [-0.2, 0) is 19.4 Å². The highest BCUT2D eigenvalue weighted by atomic mass is 15.1. The molecule has 0 amide bonds. The summed E-state index contributed by atoms with van der Waals surface area (Å²) in [4.78, 5) is 2.40. The van der Waals surface area contributed by atoms with E-state index in [2.05, 4.69) is 69.2 Å². The lowest BCUT2D eigenvalue weighted by atomic mass is 10.00. The van der Waals surface area contributed by atoms with Gasteiger partial charge in [0, 0.05) is 25.3 Å². The van der Waals surface area contributed by atoms with Crippen molar-refractivity contribution in [3.63, 3.8) is 0 Å². The Kier molecular flexibility index (Phi) is 5.84. The van der Waals surface area contributed by atoms with Gasteiger partial charge in [-0.15, -0.1) is 0 Å². The van der Waals surface area contributed by atoms with Gasteiger partial charge in [-0.1, -0.05) is 43.7 Å². The highest BCUT2D eigenvalue weighted by Crippen LogP contribution is 2.17. The lowest BCUT2D eigenvalue weighted by Gasteiger charge is -2.25. The van der Waals surface area contributed by atoms with Gasteiger partial charge in [-0.05, 0) is 56.0 Å². The summed E-state index contributed by atoms with van der Waals surface area (Å²) in [5.74, 6) is 0. The predicted molar refractivity (Wildman–Crippen MR) is 96.0 cm³/mol. The molecular formula is C20H30N2. The molecule has 1 aliphatic heterocycles. The predicted octanol–water partition coefficient (Wildman–Crippen LogP) is 4.07. The molecule has 0 radical (unpaired) electrons. The number of nitrogens with one attached hydrogen (secondary N) is 1. The van der Waals surface area contributed by atoms with Gasteiger partial charge in [-0.25, -0.2) is 0 Å². The summed E-state index contributed by atoms with van der Waals surface area (Å²) >= 11 is 0. The van der Waals surface area contributed by atoms with Crippen molar-refractivity contribution in [2.24, 2.45) is 0 Å². The standard InChI is InChI=1S/C20H30N2/c1-6-17-8-9-19(18(7-2)11-17)13-22(5)14-20-16(4)10-15(3)12-21-20/h8-11,21H,6-7,12-14H2,1-5H3. The molecule has 0 aromatic heterocycles. The van der Waals surface area contributed by atoms with Crippen molar-refractivity contribution in [3.05, 3.63) is 57.8 Å². The first-order valence-corrected chi connectivity index (χ1v) is 8.43. The normalized spacial score (nSPS) is 15.1. The molecule has 2 rings (SSSR count). The van der Waals surface area contributed by atoms with Gasteiger partial charge in [-0.3, -0.25) is 4.90 Å². The van der Waals surface area contributed by atoms with Gasteiger partial charge in [0.2, 0.25) is 0 Å². The number of hydrogen-bond acceptors (Lipinski definition) is 2. The van der Waals surface area contributed by atoms with Crippen molar-refractivity contribution >= 4 is 0 Å². The SMILES string of the molecule is CCc1ccc(CN(C)CC2=C(C)C=C(C)CN2)c(CC)c1. The first-order chi connectivity index (χ1) is 10.5. The van der Waals surface area contributed by atoms with Crippen LogP contribution in [-0.4, -0.2) is 25.0 Å². The van der Waals surface area contributed by atoms with E-state index in [0.717, 1.165) is 32.5 Å². The molecule has 22 heavy (non-hydrogen) atoms. The average molecular weight is 298 g/mol. The Labute approximate surface area is 135 Å². The van der Waals surface area contributed by atoms with E-state index in [0.29, 0.717) is 0 Å². The van der Waals surface area contributed by atoms with Crippen LogP contribution in [0.5, 0.6) is 0 Å². The fourth-order valence-electron chi connectivity index (χ4n) is 3.07. The number of dihydropyridines is 1. The molecular weight excluding hydrogens is 268 g/mol. The topological polar surface area (TPSA) is 15.3 Å². The van der Waals surface area contributed by atoms with Crippen molar-refractivity contribution in [2.45, 2.75) is 47.1 Å². The molecule has 1 aliphatic rings. The van der Waals surface area contributed by atoms with Crippen LogP contribution in [0.4, 0.5) is 0 Å². The number of aryl methyl sites for hydroxylation is 2. The van der Waals surface area contributed by atoms with Gasteiger partial charge >= 0.3 is 0 Å². The Morgan fingerprint density at radius 3 is 2.45 bits per heavy atom. The number of rotatable bonds is 6. The second-order valence-electron chi connectivity index (χ2n) is 6.49. The van der Waals surface area contributed by atoms with Crippen molar-refractivity contribution in [1.29, 1.82) is 0 Å². The highest BCUT2D eigenvalue weighted by Gasteiger charge is 2.11. The minimum atomic E-state index is 0.978. The minimum Gasteiger partial charge on any atom is -0.383 e. The molecule has 0 aliphatic carbocycles. The summed E-state index contributed by atoms with van der Waals surface area (Å²) in [6, 6.07) is 6.96. The number of allylic oxidation sites excluding steroid dienone is 2. The molecule has 1 N–H and O–H groups in total. The van der Waals surface area contributed by atoms with E-state index >= 15 is 0 Å². The third kappa shape index (κ3) is 4.23. The molecule has 0 bridgehead atoms. The summed E-state index contributed by atoms with van der Waals surface area (Å²) < 4.78 is 0. The molecule has 0 fully saturated rings. The smallest absolute Gasteiger partial charge is 0.0385 e. The molecule has 0 unspecified atom stereocenters. The lowest BCUT2D eigenvalue weighted by Crippen LogP contribution is -2.30. The highest BCUT2D eigenvalue weighted by molar-refractivity contribution is 5.33. The Morgan fingerprint density at radius 1 is 1.05 bits per heavy atom. The molecule has 1 heterocycles. The van der Waals surface area contributed by atoms with E-state index in [-0.39, 0.29) is 0 Å². The summed E-state index contributed by atoms with van der Waals surface area (Å²) in [6.07, 6.45) is 4.52. The maximum Gasteiger partial charge on any atom is 0.0385 e. The summed E-state index contributed by atoms with van der Waals surface area (Å²) in [7, 11) is 2.21. The summed E-state index contributed by atoms with van der Waals surface area (Å²) in [6.45, 7) is 11.8. The molecule has 0 saturated carbocycles.